The van der Waals surface area contributed by atoms with Crippen LogP contribution in [0.25, 0.3) is 6.08 Å². The molecule has 0 saturated carbocycles. The molecule has 2 aromatic rings. The van der Waals surface area contributed by atoms with Crippen LogP contribution in [0.15, 0.2) is 53.4 Å². The van der Waals surface area contributed by atoms with Crippen molar-refractivity contribution in [2.24, 2.45) is 0 Å². The van der Waals surface area contributed by atoms with Crippen LogP contribution in [0.3, 0.4) is 0 Å². The number of thioether (sulfide) groups is 1. The number of nitrogens with one attached hydrogen (secondary N) is 1. The fraction of sp³-hybridized carbons (Fsp3) is 0.111. The molecule has 0 atom stereocenters. The van der Waals surface area contributed by atoms with E-state index in [1.54, 1.807) is 0 Å². The van der Waals surface area contributed by atoms with Crippen LogP contribution < -0.4 is 10.1 Å². The summed E-state index contributed by atoms with van der Waals surface area (Å²) in [7, 11) is 0. The summed E-state index contributed by atoms with van der Waals surface area (Å²) in [6.45, 7) is 2.59. The molecule has 0 spiro atoms. The van der Waals surface area contributed by atoms with Gasteiger partial charge in [-0.15, -0.1) is 0 Å². The highest BCUT2D eigenvalue weighted by atomic mass is 32.2. The van der Waals surface area contributed by atoms with Crippen molar-refractivity contribution in [3.63, 3.8) is 0 Å². The number of carbonyl (C=O) groups is 1. The van der Waals surface area contributed by atoms with Gasteiger partial charge in [-0.2, -0.15) is 0 Å². The average Bonchev–Trinajstić information content (AvgIpc) is 2.84. The fourth-order valence-electron chi connectivity index (χ4n) is 2.20. The van der Waals surface area contributed by atoms with Crippen LogP contribution in [-0.4, -0.2) is 10.2 Å². The number of carbonyl (C=O) groups excluding carboxylic acids is 1. The number of benzene rings is 2. The van der Waals surface area contributed by atoms with Crippen molar-refractivity contribution in [3.8, 4) is 5.75 Å². The smallest absolute Gasteiger partial charge is 0.263 e. The third-order valence-electron chi connectivity index (χ3n) is 3.45. The van der Waals surface area contributed by atoms with E-state index in [2.05, 4.69) is 24.4 Å². The summed E-state index contributed by atoms with van der Waals surface area (Å²) in [6, 6.07) is 15.8. The molecule has 0 aromatic heterocycles. The normalized spacial score (nSPS) is 15.8. The molecule has 0 unspecified atom stereocenters. The number of thiocarbonyl (C=S) groups is 1. The van der Waals surface area contributed by atoms with Gasteiger partial charge in [-0.1, -0.05) is 60.4 Å². The second-order valence-electron chi connectivity index (χ2n) is 5.14. The molecule has 1 aliphatic heterocycles. The van der Waals surface area contributed by atoms with E-state index >= 15 is 0 Å². The number of hydrogen-bond acceptors (Lipinski definition) is 4. The molecule has 1 aliphatic rings. The molecule has 0 aliphatic carbocycles. The minimum Gasteiger partial charge on any atom is -0.489 e. The van der Waals surface area contributed by atoms with Gasteiger partial charge in [0.25, 0.3) is 5.91 Å². The summed E-state index contributed by atoms with van der Waals surface area (Å²) in [6.07, 6.45) is 1.82. The molecule has 23 heavy (non-hydrogen) atoms. The maximum atomic E-state index is 11.7. The molecular formula is C18H15NO2S2. The lowest BCUT2D eigenvalue weighted by Gasteiger charge is -2.09. The van der Waals surface area contributed by atoms with Crippen molar-refractivity contribution in [2.45, 2.75) is 13.5 Å². The van der Waals surface area contributed by atoms with Crippen molar-refractivity contribution in [1.29, 1.82) is 0 Å². The van der Waals surface area contributed by atoms with E-state index in [9.17, 15) is 4.79 Å². The molecule has 0 radical (unpaired) electrons. The van der Waals surface area contributed by atoms with Crippen LogP contribution >= 0.6 is 24.0 Å². The topological polar surface area (TPSA) is 38.3 Å². The largest absolute Gasteiger partial charge is 0.489 e. The molecular weight excluding hydrogens is 326 g/mol. The fourth-order valence-corrected chi connectivity index (χ4v) is 3.24. The Morgan fingerprint density at radius 1 is 1.22 bits per heavy atom. The Morgan fingerprint density at radius 2 is 2.04 bits per heavy atom. The van der Waals surface area contributed by atoms with Crippen molar-refractivity contribution in [3.05, 3.63) is 70.1 Å². The van der Waals surface area contributed by atoms with E-state index in [-0.39, 0.29) is 5.91 Å². The zero-order chi connectivity index (χ0) is 16.2. The first-order valence-corrected chi connectivity index (χ1v) is 8.36. The second-order valence-corrected chi connectivity index (χ2v) is 6.86. The number of rotatable bonds is 4. The number of aryl methyl sites for hydroxylation is 1. The molecule has 2 aromatic carbocycles. The van der Waals surface area contributed by atoms with E-state index in [0.717, 1.165) is 16.9 Å². The molecule has 1 saturated heterocycles. The molecule has 1 fully saturated rings. The van der Waals surface area contributed by atoms with Gasteiger partial charge < -0.3 is 10.1 Å². The molecule has 3 nitrogen and oxygen atoms in total. The third kappa shape index (κ3) is 4.00. The lowest BCUT2D eigenvalue weighted by molar-refractivity contribution is -0.115. The molecule has 5 heteroatoms. The highest BCUT2D eigenvalue weighted by Crippen LogP contribution is 2.27. The predicted molar refractivity (Wildman–Crippen MR) is 98.3 cm³/mol. The standard InChI is InChI=1S/C18H15NO2S2/c1-12-5-2-3-7-14(12)11-21-15-8-4-6-13(9-15)10-16-17(20)19-18(22)23-16/h2-10H,11H2,1H3,(H,19,20,22). The van der Waals surface area contributed by atoms with Crippen LogP contribution in [0.2, 0.25) is 0 Å². The summed E-state index contributed by atoms with van der Waals surface area (Å²) in [4.78, 5) is 12.3. The number of amides is 1. The van der Waals surface area contributed by atoms with Crippen LogP contribution in [0.5, 0.6) is 5.75 Å². The monoisotopic (exact) mass is 341 g/mol. The van der Waals surface area contributed by atoms with Gasteiger partial charge in [0.05, 0.1) is 4.91 Å². The first kappa shape index (κ1) is 15.8. The van der Waals surface area contributed by atoms with E-state index < -0.39 is 0 Å². The molecule has 3 rings (SSSR count). The van der Waals surface area contributed by atoms with Gasteiger partial charge in [0, 0.05) is 0 Å². The van der Waals surface area contributed by atoms with Crippen LogP contribution in [0.4, 0.5) is 0 Å². The van der Waals surface area contributed by atoms with Crippen molar-refractivity contribution in [2.75, 3.05) is 0 Å². The SMILES string of the molecule is Cc1ccccc1COc1cccc(C=C2SC(=S)NC2=O)c1. The summed E-state index contributed by atoms with van der Waals surface area (Å²) in [5, 5.41) is 2.61. The quantitative estimate of drug-likeness (QED) is 0.672. The van der Waals surface area contributed by atoms with Gasteiger partial charge in [-0.3, -0.25) is 4.79 Å². The summed E-state index contributed by atoms with van der Waals surface area (Å²) in [5.74, 6) is 0.625. The third-order valence-corrected chi connectivity index (χ3v) is 4.62. The molecule has 1 amide bonds. The van der Waals surface area contributed by atoms with Crippen LogP contribution in [-0.2, 0) is 11.4 Å². The zero-order valence-electron chi connectivity index (χ0n) is 12.5. The second kappa shape index (κ2) is 6.98. The minimum atomic E-state index is -0.147. The van der Waals surface area contributed by atoms with Gasteiger partial charge in [-0.05, 0) is 41.8 Å². The lowest BCUT2D eigenvalue weighted by atomic mass is 10.1. The first-order valence-electron chi connectivity index (χ1n) is 7.14. The molecule has 116 valence electrons. The molecule has 1 heterocycles. The van der Waals surface area contributed by atoms with Crippen LogP contribution in [0.1, 0.15) is 16.7 Å². The lowest BCUT2D eigenvalue weighted by Crippen LogP contribution is -2.17. The van der Waals surface area contributed by atoms with Gasteiger partial charge in [-0.25, -0.2) is 0 Å². The van der Waals surface area contributed by atoms with Gasteiger partial charge >= 0.3 is 0 Å². The average molecular weight is 341 g/mol. The Balaban J connectivity index is 1.73. The van der Waals surface area contributed by atoms with Gasteiger partial charge in [0.2, 0.25) is 0 Å². The van der Waals surface area contributed by atoms with E-state index in [4.69, 9.17) is 17.0 Å². The Labute approximate surface area is 144 Å². The van der Waals surface area contributed by atoms with Crippen molar-refractivity contribution in [1.82, 2.24) is 5.32 Å². The number of ether oxygens (including phenoxy) is 1. The summed E-state index contributed by atoms with van der Waals surface area (Å²) in [5.41, 5.74) is 3.28. The maximum Gasteiger partial charge on any atom is 0.263 e. The van der Waals surface area contributed by atoms with E-state index in [0.29, 0.717) is 15.8 Å². The summed E-state index contributed by atoms with van der Waals surface area (Å²) < 4.78 is 6.36. The molecule has 1 N–H and O–H groups in total. The Morgan fingerprint density at radius 3 is 2.78 bits per heavy atom. The van der Waals surface area contributed by atoms with Gasteiger partial charge in [0.15, 0.2) is 0 Å². The van der Waals surface area contributed by atoms with Crippen molar-refractivity contribution >= 4 is 40.3 Å². The van der Waals surface area contributed by atoms with Gasteiger partial charge in [0.1, 0.15) is 16.7 Å². The molecule has 0 bridgehead atoms. The minimum absolute atomic E-state index is 0.147. The summed E-state index contributed by atoms with van der Waals surface area (Å²) >= 11 is 6.27. The predicted octanol–water partition coefficient (Wildman–Crippen LogP) is 4.06. The van der Waals surface area contributed by atoms with Crippen molar-refractivity contribution < 1.29 is 9.53 Å². The highest BCUT2D eigenvalue weighted by molar-refractivity contribution is 8.26. The highest BCUT2D eigenvalue weighted by Gasteiger charge is 2.21. The zero-order valence-corrected chi connectivity index (χ0v) is 14.2. The van der Waals surface area contributed by atoms with Crippen LogP contribution in [0, 0.1) is 6.92 Å². The Kier molecular flexibility index (Phi) is 4.79. The van der Waals surface area contributed by atoms with E-state index in [1.165, 1.54) is 17.3 Å². The number of hydrogen-bond donors (Lipinski definition) is 1. The van der Waals surface area contributed by atoms with E-state index in [1.807, 2.05) is 42.5 Å². The Hall–Kier alpha value is -2.11. The maximum absolute atomic E-state index is 11.7. The first-order chi connectivity index (χ1) is 11.1. The Bertz CT molecular complexity index is 799.